The molecule has 1 N–H and O–H groups in total. The standard InChI is InChI=1S/C7H3F2IN2O/c8-6(9)3-1-4(10)5(2-11)12-7(3)13/h1,6H,(H,12,13). The van der Waals surface area contributed by atoms with E-state index in [1.165, 1.54) is 0 Å². The Morgan fingerprint density at radius 3 is 2.69 bits per heavy atom. The van der Waals surface area contributed by atoms with E-state index < -0.39 is 17.5 Å². The summed E-state index contributed by atoms with van der Waals surface area (Å²) in [7, 11) is 0. The molecule has 0 fully saturated rings. The van der Waals surface area contributed by atoms with Crippen LogP contribution in [-0.2, 0) is 0 Å². The number of H-pyrrole nitrogens is 1. The lowest BCUT2D eigenvalue weighted by molar-refractivity contribution is 0.149. The lowest BCUT2D eigenvalue weighted by Crippen LogP contribution is -2.15. The van der Waals surface area contributed by atoms with E-state index in [1.807, 2.05) is 0 Å². The fourth-order valence-corrected chi connectivity index (χ4v) is 1.35. The Hall–Kier alpha value is -0.970. The van der Waals surface area contributed by atoms with Gasteiger partial charge in [0.05, 0.1) is 5.56 Å². The van der Waals surface area contributed by atoms with Crippen LogP contribution in [-0.4, -0.2) is 4.98 Å². The SMILES string of the molecule is N#Cc1[nH]c(=O)c(C(F)F)cc1I. The highest BCUT2D eigenvalue weighted by Crippen LogP contribution is 2.17. The Kier molecular flexibility index (Phi) is 2.98. The molecule has 6 heteroatoms. The maximum absolute atomic E-state index is 12.1. The Labute approximate surface area is 85.5 Å². The number of nitrogens with zero attached hydrogens (tertiary/aromatic N) is 1. The number of pyridine rings is 1. The number of hydrogen-bond donors (Lipinski definition) is 1. The van der Waals surface area contributed by atoms with Crippen LogP contribution in [0.2, 0.25) is 0 Å². The Morgan fingerprint density at radius 1 is 1.62 bits per heavy atom. The van der Waals surface area contributed by atoms with Crippen LogP contribution in [0.15, 0.2) is 10.9 Å². The molecule has 0 bridgehead atoms. The third kappa shape index (κ3) is 2.03. The number of aromatic amines is 1. The Bertz CT molecular complexity index is 421. The number of aromatic nitrogens is 1. The normalized spacial score (nSPS) is 10.1. The molecule has 0 radical (unpaired) electrons. The van der Waals surface area contributed by atoms with Crippen LogP contribution >= 0.6 is 22.6 Å². The number of halogens is 3. The molecular formula is C7H3F2IN2O. The molecule has 68 valence electrons. The quantitative estimate of drug-likeness (QED) is 0.803. The van der Waals surface area contributed by atoms with Gasteiger partial charge in [-0.3, -0.25) is 4.79 Å². The molecule has 1 aromatic heterocycles. The minimum Gasteiger partial charge on any atom is -0.312 e. The van der Waals surface area contributed by atoms with E-state index in [1.54, 1.807) is 28.7 Å². The van der Waals surface area contributed by atoms with Crippen LogP contribution in [0.25, 0.3) is 0 Å². The zero-order valence-corrected chi connectivity index (χ0v) is 8.30. The van der Waals surface area contributed by atoms with Gasteiger partial charge >= 0.3 is 0 Å². The molecule has 0 saturated carbocycles. The van der Waals surface area contributed by atoms with Crippen molar-refractivity contribution in [1.82, 2.24) is 4.98 Å². The highest BCUT2D eigenvalue weighted by Gasteiger charge is 2.14. The van der Waals surface area contributed by atoms with E-state index in [9.17, 15) is 13.6 Å². The van der Waals surface area contributed by atoms with E-state index in [0.29, 0.717) is 3.57 Å². The average Bonchev–Trinajstić information content (AvgIpc) is 2.07. The Morgan fingerprint density at radius 2 is 2.23 bits per heavy atom. The first-order valence-electron chi connectivity index (χ1n) is 3.17. The van der Waals surface area contributed by atoms with Crippen LogP contribution in [0.3, 0.4) is 0 Å². The van der Waals surface area contributed by atoms with Gasteiger partial charge in [0.15, 0.2) is 0 Å². The van der Waals surface area contributed by atoms with E-state index >= 15 is 0 Å². The van der Waals surface area contributed by atoms with E-state index in [0.717, 1.165) is 6.07 Å². The smallest absolute Gasteiger partial charge is 0.269 e. The first-order chi connectivity index (χ1) is 6.06. The zero-order chi connectivity index (χ0) is 10.0. The van der Waals surface area contributed by atoms with Gasteiger partial charge in [-0.15, -0.1) is 0 Å². The molecule has 1 heterocycles. The highest BCUT2D eigenvalue weighted by atomic mass is 127. The van der Waals surface area contributed by atoms with E-state index in [-0.39, 0.29) is 5.69 Å². The molecule has 13 heavy (non-hydrogen) atoms. The van der Waals surface area contributed by atoms with Crippen LogP contribution in [0, 0.1) is 14.9 Å². The fourth-order valence-electron chi connectivity index (χ4n) is 0.763. The molecule has 0 atom stereocenters. The molecule has 0 saturated heterocycles. The van der Waals surface area contributed by atoms with E-state index in [2.05, 4.69) is 4.98 Å². The number of alkyl halides is 2. The van der Waals surface area contributed by atoms with Gasteiger partial charge in [-0.25, -0.2) is 8.78 Å². The predicted octanol–water partition coefficient (Wildman–Crippen LogP) is 1.79. The van der Waals surface area contributed by atoms with Crippen molar-refractivity contribution < 1.29 is 8.78 Å². The zero-order valence-electron chi connectivity index (χ0n) is 6.14. The van der Waals surface area contributed by atoms with Crippen molar-refractivity contribution in [3.63, 3.8) is 0 Å². The summed E-state index contributed by atoms with van der Waals surface area (Å²) in [6.07, 6.45) is -2.81. The van der Waals surface area contributed by atoms with Crippen molar-refractivity contribution in [1.29, 1.82) is 5.26 Å². The van der Waals surface area contributed by atoms with Crippen LogP contribution in [0.4, 0.5) is 8.78 Å². The van der Waals surface area contributed by atoms with Crippen LogP contribution in [0.1, 0.15) is 17.7 Å². The van der Waals surface area contributed by atoms with Gasteiger partial charge in [-0.2, -0.15) is 5.26 Å². The molecule has 1 rings (SSSR count). The number of nitriles is 1. The van der Waals surface area contributed by atoms with Gasteiger partial charge in [0.1, 0.15) is 11.8 Å². The maximum Gasteiger partial charge on any atom is 0.269 e. The second-order valence-electron chi connectivity index (χ2n) is 2.19. The maximum atomic E-state index is 12.1. The van der Waals surface area contributed by atoms with Gasteiger partial charge in [0, 0.05) is 3.57 Å². The van der Waals surface area contributed by atoms with Gasteiger partial charge in [-0.1, -0.05) is 0 Å². The number of rotatable bonds is 1. The monoisotopic (exact) mass is 296 g/mol. The topological polar surface area (TPSA) is 56.6 Å². The summed E-state index contributed by atoms with van der Waals surface area (Å²) < 4.78 is 24.6. The minimum atomic E-state index is -2.81. The molecule has 0 unspecified atom stereocenters. The van der Waals surface area contributed by atoms with E-state index in [4.69, 9.17) is 5.26 Å². The summed E-state index contributed by atoms with van der Waals surface area (Å²) >= 11 is 1.71. The van der Waals surface area contributed by atoms with Crippen LogP contribution in [0.5, 0.6) is 0 Å². The predicted molar refractivity (Wildman–Crippen MR) is 49.5 cm³/mol. The number of nitrogens with one attached hydrogen (secondary N) is 1. The van der Waals surface area contributed by atoms with Gasteiger partial charge in [0.2, 0.25) is 0 Å². The van der Waals surface area contributed by atoms with Crippen molar-refractivity contribution in [3.8, 4) is 6.07 Å². The summed E-state index contributed by atoms with van der Waals surface area (Å²) in [4.78, 5) is 13.0. The lowest BCUT2D eigenvalue weighted by atomic mass is 10.2. The first kappa shape index (κ1) is 10.1. The molecule has 0 aromatic carbocycles. The molecular weight excluding hydrogens is 293 g/mol. The first-order valence-corrected chi connectivity index (χ1v) is 4.25. The molecule has 0 aliphatic carbocycles. The fraction of sp³-hybridized carbons (Fsp3) is 0.143. The van der Waals surface area contributed by atoms with Gasteiger partial charge in [0.25, 0.3) is 12.0 Å². The minimum absolute atomic E-state index is 0.00926. The van der Waals surface area contributed by atoms with Crippen LogP contribution < -0.4 is 5.56 Å². The van der Waals surface area contributed by atoms with Crippen molar-refractivity contribution in [2.45, 2.75) is 6.43 Å². The molecule has 0 aliphatic heterocycles. The highest BCUT2D eigenvalue weighted by molar-refractivity contribution is 14.1. The number of hydrogen-bond acceptors (Lipinski definition) is 2. The molecule has 3 nitrogen and oxygen atoms in total. The van der Waals surface area contributed by atoms with Crippen molar-refractivity contribution in [2.24, 2.45) is 0 Å². The summed E-state index contributed by atoms with van der Waals surface area (Å²) in [6, 6.07) is 2.71. The second kappa shape index (κ2) is 3.83. The van der Waals surface area contributed by atoms with Gasteiger partial charge < -0.3 is 4.98 Å². The van der Waals surface area contributed by atoms with Crippen molar-refractivity contribution in [2.75, 3.05) is 0 Å². The summed E-state index contributed by atoms with van der Waals surface area (Å²) in [5.41, 5.74) is -1.51. The summed E-state index contributed by atoms with van der Waals surface area (Å²) in [5, 5.41) is 8.46. The average molecular weight is 296 g/mol. The van der Waals surface area contributed by atoms with Crippen molar-refractivity contribution in [3.05, 3.63) is 31.2 Å². The molecule has 0 aliphatic rings. The third-order valence-electron chi connectivity index (χ3n) is 1.37. The summed E-state index contributed by atoms with van der Waals surface area (Å²) in [6.45, 7) is 0. The molecule has 0 spiro atoms. The molecule has 0 amide bonds. The Balaban J connectivity index is 3.40. The largest absolute Gasteiger partial charge is 0.312 e. The van der Waals surface area contributed by atoms with Gasteiger partial charge in [-0.05, 0) is 28.7 Å². The summed E-state index contributed by atoms with van der Waals surface area (Å²) in [5.74, 6) is 0. The van der Waals surface area contributed by atoms with Crippen molar-refractivity contribution >= 4 is 22.6 Å². The molecule has 1 aromatic rings. The lowest BCUT2D eigenvalue weighted by Gasteiger charge is -1.99. The third-order valence-corrected chi connectivity index (χ3v) is 2.22. The second-order valence-corrected chi connectivity index (χ2v) is 3.35.